The van der Waals surface area contributed by atoms with Crippen LogP contribution in [-0.4, -0.2) is 19.2 Å². The molecular weight excluding hydrogens is 228 g/mol. The average molecular weight is 248 g/mol. The number of hydrogen-bond acceptors (Lipinski definition) is 3. The number of carbonyl (C=O) groups is 1. The Bertz CT molecular complexity index is 416. The van der Waals surface area contributed by atoms with Gasteiger partial charge in [0.25, 0.3) is 0 Å². The Morgan fingerprint density at radius 3 is 2.33 bits per heavy atom. The predicted octanol–water partition coefficient (Wildman–Crippen LogP) is 3.44. The number of ether oxygens (including phenoxy) is 2. The molecule has 3 heteroatoms. The van der Waals surface area contributed by atoms with Crippen LogP contribution in [0, 0.1) is 0 Å². The highest BCUT2D eigenvalue weighted by molar-refractivity contribution is 5.91. The van der Waals surface area contributed by atoms with Crippen molar-refractivity contribution in [1.82, 2.24) is 0 Å². The number of benzene rings is 1. The van der Waals surface area contributed by atoms with Crippen LogP contribution in [0.5, 0.6) is 5.75 Å². The summed E-state index contributed by atoms with van der Waals surface area (Å²) >= 11 is 0. The number of methoxy groups -OCH3 is 1. The third kappa shape index (κ3) is 4.24. The fraction of sp³-hybridized carbons (Fsp3) is 0.400. The van der Waals surface area contributed by atoms with Gasteiger partial charge < -0.3 is 9.47 Å². The molecule has 0 aliphatic heterocycles. The molecule has 0 aromatic heterocycles. The lowest BCUT2D eigenvalue weighted by Gasteiger charge is -2.11. The number of allylic oxidation sites excluding steroid dienone is 1. The Labute approximate surface area is 108 Å². The molecule has 0 N–H and O–H groups in total. The number of carbonyl (C=O) groups excluding carboxylic acids is 1. The van der Waals surface area contributed by atoms with Crippen LogP contribution >= 0.6 is 0 Å². The highest BCUT2D eigenvalue weighted by Gasteiger charge is 2.04. The van der Waals surface area contributed by atoms with E-state index in [2.05, 4.69) is 4.74 Å². The lowest BCUT2D eigenvalue weighted by Crippen LogP contribution is -2.05. The summed E-state index contributed by atoms with van der Waals surface area (Å²) in [6.07, 6.45) is 2.46. The number of rotatable bonds is 5. The highest BCUT2D eigenvalue weighted by Crippen LogP contribution is 2.21. The smallest absolute Gasteiger partial charge is 0.330 e. The first kappa shape index (κ1) is 14.3. The molecule has 0 amide bonds. The minimum Gasteiger partial charge on any atom is -0.491 e. The van der Waals surface area contributed by atoms with Crippen molar-refractivity contribution in [3.63, 3.8) is 0 Å². The van der Waals surface area contributed by atoms with Crippen molar-refractivity contribution in [3.05, 3.63) is 35.9 Å². The van der Waals surface area contributed by atoms with Crippen LogP contribution in [0.25, 0.3) is 5.57 Å². The molecular formula is C15H20O3. The second kappa shape index (κ2) is 6.84. The third-order valence-corrected chi connectivity index (χ3v) is 2.47. The molecule has 1 rings (SSSR count). The van der Waals surface area contributed by atoms with E-state index in [-0.39, 0.29) is 12.1 Å². The molecule has 18 heavy (non-hydrogen) atoms. The zero-order valence-electron chi connectivity index (χ0n) is 11.4. The average Bonchev–Trinajstić information content (AvgIpc) is 2.36. The largest absolute Gasteiger partial charge is 0.491 e. The maximum Gasteiger partial charge on any atom is 0.330 e. The van der Waals surface area contributed by atoms with E-state index in [9.17, 15) is 4.79 Å². The van der Waals surface area contributed by atoms with E-state index in [1.165, 1.54) is 13.2 Å². The van der Waals surface area contributed by atoms with Crippen LogP contribution in [0.15, 0.2) is 30.3 Å². The zero-order chi connectivity index (χ0) is 13.5. The molecule has 98 valence electrons. The lowest BCUT2D eigenvalue weighted by molar-refractivity contribution is -0.134. The summed E-state index contributed by atoms with van der Waals surface area (Å²) in [6, 6.07) is 7.73. The Kier molecular flexibility index (Phi) is 5.43. The molecule has 0 aliphatic rings. The van der Waals surface area contributed by atoms with E-state index in [4.69, 9.17) is 4.74 Å². The zero-order valence-corrected chi connectivity index (χ0v) is 11.4. The SMILES string of the molecule is CCC(=CC(=O)OC)c1ccc(OC(C)C)cc1. The van der Waals surface area contributed by atoms with Gasteiger partial charge in [0.15, 0.2) is 0 Å². The molecule has 0 saturated carbocycles. The molecule has 0 saturated heterocycles. The van der Waals surface area contributed by atoms with Gasteiger partial charge in [-0.2, -0.15) is 0 Å². The third-order valence-electron chi connectivity index (χ3n) is 2.47. The Balaban J connectivity index is 2.88. The second-order valence-electron chi connectivity index (χ2n) is 4.24. The molecule has 0 heterocycles. The normalized spacial score (nSPS) is 11.5. The van der Waals surface area contributed by atoms with Crippen molar-refractivity contribution in [2.24, 2.45) is 0 Å². The summed E-state index contributed by atoms with van der Waals surface area (Å²) in [4.78, 5) is 11.2. The molecule has 0 aliphatic carbocycles. The van der Waals surface area contributed by atoms with Crippen LogP contribution in [0.4, 0.5) is 0 Å². The highest BCUT2D eigenvalue weighted by atomic mass is 16.5. The summed E-state index contributed by atoms with van der Waals surface area (Å²) in [7, 11) is 1.38. The fourth-order valence-corrected chi connectivity index (χ4v) is 1.61. The summed E-state index contributed by atoms with van der Waals surface area (Å²) in [6.45, 7) is 5.98. The van der Waals surface area contributed by atoms with E-state index in [1.54, 1.807) is 0 Å². The minimum absolute atomic E-state index is 0.159. The minimum atomic E-state index is -0.325. The summed E-state index contributed by atoms with van der Waals surface area (Å²) in [5.41, 5.74) is 1.97. The van der Waals surface area contributed by atoms with Gasteiger partial charge in [-0.1, -0.05) is 19.1 Å². The van der Waals surface area contributed by atoms with Crippen molar-refractivity contribution < 1.29 is 14.3 Å². The van der Waals surface area contributed by atoms with E-state index >= 15 is 0 Å². The summed E-state index contributed by atoms with van der Waals surface area (Å²) in [5.74, 6) is 0.511. The van der Waals surface area contributed by atoms with Gasteiger partial charge in [-0.15, -0.1) is 0 Å². The van der Waals surface area contributed by atoms with Gasteiger partial charge >= 0.3 is 5.97 Å². The van der Waals surface area contributed by atoms with Crippen molar-refractivity contribution >= 4 is 11.5 Å². The number of esters is 1. The Morgan fingerprint density at radius 1 is 1.28 bits per heavy atom. The van der Waals surface area contributed by atoms with Crippen LogP contribution in [0.3, 0.4) is 0 Å². The van der Waals surface area contributed by atoms with Crippen molar-refractivity contribution in [1.29, 1.82) is 0 Å². The van der Waals surface area contributed by atoms with Gasteiger partial charge in [0.2, 0.25) is 0 Å². The lowest BCUT2D eigenvalue weighted by atomic mass is 10.0. The molecule has 0 radical (unpaired) electrons. The maximum atomic E-state index is 11.2. The second-order valence-corrected chi connectivity index (χ2v) is 4.24. The molecule has 1 aromatic rings. The van der Waals surface area contributed by atoms with Gasteiger partial charge in [0, 0.05) is 6.08 Å². The molecule has 0 spiro atoms. The summed E-state index contributed by atoms with van der Waals surface area (Å²) in [5, 5.41) is 0. The van der Waals surface area contributed by atoms with Crippen molar-refractivity contribution in [2.75, 3.05) is 7.11 Å². The molecule has 3 nitrogen and oxygen atoms in total. The van der Waals surface area contributed by atoms with Gasteiger partial charge in [0.1, 0.15) is 5.75 Å². The van der Waals surface area contributed by atoms with E-state index < -0.39 is 0 Å². The summed E-state index contributed by atoms with van der Waals surface area (Å²) < 4.78 is 10.2. The first-order chi connectivity index (χ1) is 8.56. The molecule has 0 fully saturated rings. The van der Waals surface area contributed by atoms with Gasteiger partial charge in [-0.25, -0.2) is 4.79 Å². The quantitative estimate of drug-likeness (QED) is 0.591. The first-order valence-corrected chi connectivity index (χ1v) is 6.12. The topological polar surface area (TPSA) is 35.5 Å². The Hall–Kier alpha value is -1.77. The monoisotopic (exact) mass is 248 g/mol. The van der Waals surface area contributed by atoms with Crippen LogP contribution in [0.2, 0.25) is 0 Å². The number of hydrogen-bond donors (Lipinski definition) is 0. The van der Waals surface area contributed by atoms with Gasteiger partial charge in [-0.3, -0.25) is 0 Å². The predicted molar refractivity (Wildman–Crippen MR) is 72.5 cm³/mol. The maximum absolute atomic E-state index is 11.2. The van der Waals surface area contributed by atoms with E-state index in [0.717, 1.165) is 23.3 Å². The van der Waals surface area contributed by atoms with E-state index in [0.29, 0.717) is 0 Å². The first-order valence-electron chi connectivity index (χ1n) is 6.12. The Morgan fingerprint density at radius 2 is 1.89 bits per heavy atom. The van der Waals surface area contributed by atoms with Crippen LogP contribution in [0.1, 0.15) is 32.8 Å². The van der Waals surface area contributed by atoms with Gasteiger partial charge in [-0.05, 0) is 43.5 Å². The van der Waals surface area contributed by atoms with Crippen molar-refractivity contribution in [2.45, 2.75) is 33.3 Å². The molecule has 1 aromatic carbocycles. The van der Waals surface area contributed by atoms with Crippen LogP contribution in [-0.2, 0) is 9.53 Å². The molecule has 0 atom stereocenters. The molecule has 0 bridgehead atoms. The van der Waals surface area contributed by atoms with Crippen molar-refractivity contribution in [3.8, 4) is 5.75 Å². The fourth-order valence-electron chi connectivity index (χ4n) is 1.61. The molecule has 0 unspecified atom stereocenters. The van der Waals surface area contributed by atoms with E-state index in [1.807, 2.05) is 45.0 Å². The standard InChI is InChI=1S/C15H20O3/c1-5-12(10-15(16)17-4)13-6-8-14(9-7-13)18-11(2)3/h6-11H,5H2,1-4H3. The van der Waals surface area contributed by atoms with Crippen LogP contribution < -0.4 is 4.74 Å². The van der Waals surface area contributed by atoms with Gasteiger partial charge in [0.05, 0.1) is 13.2 Å².